The van der Waals surface area contributed by atoms with Gasteiger partial charge >= 0.3 is 12.6 Å². The number of carbonyl (C=O) groups is 1. The Hall–Kier alpha value is -4.21. The second-order valence-electron chi connectivity index (χ2n) is 11.1. The molecule has 7 rings (SSSR count). The number of alkyl halides is 2. The minimum Gasteiger partial charge on any atom is -0.382 e. The third kappa shape index (κ3) is 5.48. The normalized spacial score (nSPS) is 21.3. The first-order chi connectivity index (χ1) is 21.7. The topological polar surface area (TPSA) is 128 Å². The van der Waals surface area contributed by atoms with Gasteiger partial charge in [-0.05, 0) is 18.2 Å². The van der Waals surface area contributed by atoms with E-state index in [4.69, 9.17) is 16.6 Å². The summed E-state index contributed by atoms with van der Waals surface area (Å²) < 4.78 is 41.8. The van der Waals surface area contributed by atoms with E-state index in [0.717, 1.165) is 5.70 Å². The third-order valence-corrected chi connectivity index (χ3v) is 9.47. The summed E-state index contributed by atoms with van der Waals surface area (Å²) >= 11 is 7.91. The summed E-state index contributed by atoms with van der Waals surface area (Å²) in [7, 11) is 0. The van der Waals surface area contributed by atoms with Gasteiger partial charge in [-0.2, -0.15) is 13.9 Å². The van der Waals surface area contributed by atoms with Gasteiger partial charge in [0.1, 0.15) is 23.3 Å². The number of piperidine rings is 1. The van der Waals surface area contributed by atoms with Crippen LogP contribution in [-0.2, 0) is 5.60 Å². The third-order valence-electron chi connectivity index (χ3n) is 8.37. The molecule has 3 aliphatic rings. The number of aliphatic imine (C=N–C) groups is 1. The number of benzene rings is 1. The van der Waals surface area contributed by atoms with Crippen molar-refractivity contribution in [3.8, 4) is 0 Å². The lowest BCUT2D eigenvalue weighted by Crippen LogP contribution is -2.51. The fourth-order valence-electron chi connectivity index (χ4n) is 6.15. The molecule has 0 radical (unpaired) electrons. The summed E-state index contributed by atoms with van der Waals surface area (Å²) in [6, 6.07) is 4.01. The van der Waals surface area contributed by atoms with Gasteiger partial charge in [-0.1, -0.05) is 17.7 Å². The van der Waals surface area contributed by atoms with Crippen LogP contribution in [0.25, 0.3) is 5.57 Å². The molecule has 3 aliphatic heterocycles. The van der Waals surface area contributed by atoms with Gasteiger partial charge in [-0.3, -0.25) is 4.99 Å². The first kappa shape index (κ1) is 29.5. The van der Waals surface area contributed by atoms with E-state index in [0.29, 0.717) is 71.4 Å². The van der Waals surface area contributed by atoms with Crippen molar-refractivity contribution < 1.29 is 23.1 Å². The van der Waals surface area contributed by atoms with E-state index in [2.05, 4.69) is 25.4 Å². The van der Waals surface area contributed by atoms with Gasteiger partial charge in [0.2, 0.25) is 0 Å². The molecule has 0 saturated carbocycles. The first-order valence-electron chi connectivity index (χ1n) is 14.2. The van der Waals surface area contributed by atoms with Gasteiger partial charge in [0.15, 0.2) is 10.8 Å². The second kappa shape index (κ2) is 11.6. The maximum Gasteiger partial charge on any atom is 0.333 e. The van der Waals surface area contributed by atoms with Crippen molar-refractivity contribution in [1.82, 2.24) is 39.8 Å². The fourth-order valence-corrected chi connectivity index (χ4v) is 7.06. The highest BCUT2D eigenvalue weighted by molar-refractivity contribution is 7.11. The molecule has 234 valence electrons. The fraction of sp³-hybridized carbons (Fsp3) is 0.345. The molecule has 2 fully saturated rings. The number of rotatable bonds is 6. The summed E-state index contributed by atoms with van der Waals surface area (Å²) in [6.45, 7) is -1.85. The molecular formula is C29H27ClF3N9O2S. The second-order valence-corrected chi connectivity index (χ2v) is 12.4. The molecule has 2 amide bonds. The minimum atomic E-state index is -2.85. The number of hydrogen-bond acceptors (Lipinski definition) is 8. The Morgan fingerprint density at radius 1 is 1.20 bits per heavy atom. The Kier molecular flexibility index (Phi) is 7.61. The van der Waals surface area contributed by atoms with Crippen LogP contribution in [0.15, 0.2) is 65.1 Å². The lowest BCUT2D eigenvalue weighted by molar-refractivity contribution is -0.0237. The number of nitrogens with one attached hydrogen (secondary N) is 2. The van der Waals surface area contributed by atoms with Crippen molar-refractivity contribution in [1.29, 1.82) is 0 Å². The number of aromatic nitrogens is 5. The van der Waals surface area contributed by atoms with Gasteiger partial charge in [0, 0.05) is 90.9 Å². The molecule has 16 heteroatoms. The van der Waals surface area contributed by atoms with Crippen LogP contribution < -0.4 is 5.32 Å². The van der Waals surface area contributed by atoms with Crippen LogP contribution in [0.1, 0.15) is 53.9 Å². The smallest absolute Gasteiger partial charge is 0.333 e. The number of aromatic amines is 1. The van der Waals surface area contributed by atoms with Crippen LogP contribution in [0.3, 0.4) is 0 Å². The van der Waals surface area contributed by atoms with Crippen molar-refractivity contribution in [2.75, 3.05) is 19.6 Å². The van der Waals surface area contributed by atoms with Crippen molar-refractivity contribution >= 4 is 40.4 Å². The number of nitrogens with zero attached hydrogens (tertiary/aromatic N) is 7. The average Bonchev–Trinajstić information content (AvgIpc) is 3.84. The SMILES string of the molecule is O=C(N[C@H]1CC2=C(c3ccn(C(F)F)n3)[C@H](c3ccc(F)cc3Cl)N=C(c3nccs3)N2C1)N1CCC(O)(c2ncc[nH]2)CC1. The van der Waals surface area contributed by atoms with Crippen molar-refractivity contribution in [3.63, 3.8) is 0 Å². The summed E-state index contributed by atoms with van der Waals surface area (Å²) in [5.41, 5.74) is 0.858. The molecule has 1 aromatic carbocycles. The van der Waals surface area contributed by atoms with Crippen LogP contribution in [0.5, 0.6) is 0 Å². The number of aliphatic hydroxyl groups is 1. The molecule has 2 atom stereocenters. The molecule has 45 heavy (non-hydrogen) atoms. The van der Waals surface area contributed by atoms with Crippen LogP contribution in [0.2, 0.25) is 5.02 Å². The van der Waals surface area contributed by atoms with E-state index in [1.807, 2.05) is 10.3 Å². The summed E-state index contributed by atoms with van der Waals surface area (Å²) in [6.07, 6.45) is 7.07. The first-order valence-corrected chi connectivity index (χ1v) is 15.5. The number of amidine groups is 1. The van der Waals surface area contributed by atoms with Crippen molar-refractivity contribution in [3.05, 3.63) is 93.1 Å². The van der Waals surface area contributed by atoms with Gasteiger partial charge < -0.3 is 25.2 Å². The van der Waals surface area contributed by atoms with E-state index < -0.39 is 24.0 Å². The number of halogens is 4. The molecule has 0 bridgehead atoms. The van der Waals surface area contributed by atoms with Crippen LogP contribution in [0.4, 0.5) is 18.0 Å². The Morgan fingerprint density at radius 3 is 2.69 bits per heavy atom. The molecule has 6 heterocycles. The monoisotopic (exact) mass is 657 g/mol. The molecule has 3 aromatic heterocycles. The van der Waals surface area contributed by atoms with E-state index in [9.17, 15) is 23.1 Å². The van der Waals surface area contributed by atoms with E-state index in [1.54, 1.807) is 23.5 Å². The molecular weight excluding hydrogens is 631 g/mol. The van der Waals surface area contributed by atoms with Crippen LogP contribution in [0, 0.1) is 5.82 Å². The lowest BCUT2D eigenvalue weighted by atomic mass is 9.91. The van der Waals surface area contributed by atoms with E-state index in [1.165, 1.54) is 41.8 Å². The summed E-state index contributed by atoms with van der Waals surface area (Å²) in [5.74, 6) is 0.486. The van der Waals surface area contributed by atoms with Gasteiger partial charge in [-0.25, -0.2) is 23.8 Å². The molecule has 3 N–H and O–H groups in total. The standard InChI is InChI=1S/C29H27ClF3N9O2S/c30-19-13-16(31)1-2-18(19)23-22(20-3-9-42(39-20)27(32)33)21-14-17(15-41(21)24(38-23)25-34-8-12-45-25)37-28(43)40-10-4-29(44,5-11-40)26-35-6-7-36-26/h1-3,6-9,12-13,17,23,27,44H,4-5,10-11,14-15H2,(H,35,36)(H,37,43)/t17-,23-/m0/s1. The zero-order valence-corrected chi connectivity index (χ0v) is 25.1. The highest BCUT2D eigenvalue weighted by Gasteiger charge is 2.43. The highest BCUT2D eigenvalue weighted by Crippen LogP contribution is 2.46. The number of hydrogen-bond donors (Lipinski definition) is 3. The molecule has 0 aliphatic carbocycles. The number of imidazole rings is 1. The minimum absolute atomic E-state index is 0.129. The van der Waals surface area contributed by atoms with Crippen LogP contribution in [-0.4, -0.2) is 77.2 Å². The number of urea groups is 1. The maximum absolute atomic E-state index is 14.1. The Morgan fingerprint density at radius 2 is 2.02 bits per heavy atom. The predicted molar refractivity (Wildman–Crippen MR) is 160 cm³/mol. The average molecular weight is 658 g/mol. The van der Waals surface area contributed by atoms with E-state index in [-0.39, 0.29) is 22.8 Å². The Bertz CT molecular complexity index is 1770. The Balaban J connectivity index is 1.22. The van der Waals surface area contributed by atoms with E-state index >= 15 is 0 Å². The van der Waals surface area contributed by atoms with Gasteiger partial charge in [-0.15, -0.1) is 11.3 Å². The van der Waals surface area contributed by atoms with Gasteiger partial charge in [0.05, 0.1) is 11.7 Å². The summed E-state index contributed by atoms with van der Waals surface area (Å²) in [4.78, 5) is 33.7. The predicted octanol–water partition coefficient (Wildman–Crippen LogP) is 4.93. The quantitative estimate of drug-likeness (QED) is 0.270. The Labute approximate surface area is 264 Å². The zero-order valence-electron chi connectivity index (χ0n) is 23.6. The zero-order chi connectivity index (χ0) is 31.3. The summed E-state index contributed by atoms with van der Waals surface area (Å²) in [5, 5.41) is 20.9. The molecule has 11 nitrogen and oxygen atoms in total. The van der Waals surface area contributed by atoms with Crippen LogP contribution >= 0.6 is 22.9 Å². The molecule has 2 saturated heterocycles. The largest absolute Gasteiger partial charge is 0.382 e. The number of amides is 2. The molecule has 4 aromatic rings. The number of likely N-dealkylation sites (tertiary alicyclic amines) is 1. The van der Waals surface area contributed by atoms with Gasteiger partial charge in [0.25, 0.3) is 0 Å². The number of H-pyrrole nitrogens is 1. The lowest BCUT2D eigenvalue weighted by Gasteiger charge is -2.37. The van der Waals surface area contributed by atoms with Crippen molar-refractivity contribution in [2.45, 2.75) is 43.5 Å². The molecule has 0 spiro atoms. The maximum atomic E-state index is 14.1. The number of thiazole rings is 1. The highest BCUT2D eigenvalue weighted by atomic mass is 35.5. The van der Waals surface area contributed by atoms with Crippen molar-refractivity contribution in [2.24, 2.45) is 4.99 Å². The molecule has 0 unspecified atom stereocenters. The number of fused-ring (bicyclic) bond motifs is 1. The number of carbonyl (C=O) groups excluding carboxylic acids is 1.